The van der Waals surface area contributed by atoms with Crippen molar-refractivity contribution in [1.82, 2.24) is 0 Å². The summed E-state index contributed by atoms with van der Waals surface area (Å²) in [7, 11) is 0. The summed E-state index contributed by atoms with van der Waals surface area (Å²) in [4.78, 5) is 1.36. The summed E-state index contributed by atoms with van der Waals surface area (Å²) >= 11 is 5.42. The highest BCUT2D eigenvalue weighted by molar-refractivity contribution is 9.11. The van der Waals surface area contributed by atoms with E-state index in [4.69, 9.17) is 5.73 Å². The lowest BCUT2D eigenvalue weighted by atomic mass is 9.85. The molecule has 1 atom stereocenters. The topological polar surface area (TPSA) is 26.0 Å². The van der Waals surface area contributed by atoms with E-state index in [1.165, 1.54) is 59.2 Å². The Morgan fingerprint density at radius 3 is 2.35 bits per heavy atom. The normalized spacial score (nSPS) is 20.9. The Kier molecular flexibility index (Phi) is 5.07. The molecule has 1 aliphatic carbocycles. The van der Waals surface area contributed by atoms with Crippen LogP contribution >= 0.6 is 27.3 Å². The van der Waals surface area contributed by atoms with E-state index in [9.17, 15) is 0 Å². The number of hydrogen-bond acceptors (Lipinski definition) is 2. The fraction of sp³-hybridized carbons (Fsp3) is 0.714. The second-order valence-corrected chi connectivity index (χ2v) is 7.64. The van der Waals surface area contributed by atoms with Crippen LogP contribution in [0.1, 0.15) is 61.4 Å². The number of rotatable bonds is 2. The molecule has 2 N–H and O–H groups in total. The molecule has 96 valence electrons. The molecule has 0 aromatic carbocycles. The third-order valence-electron chi connectivity index (χ3n) is 3.86. The largest absolute Gasteiger partial charge is 0.323 e. The molecule has 0 aliphatic heterocycles. The monoisotopic (exact) mass is 315 g/mol. The summed E-state index contributed by atoms with van der Waals surface area (Å²) in [5.41, 5.74) is 7.79. The molecule has 2 rings (SSSR count). The van der Waals surface area contributed by atoms with Gasteiger partial charge in [0.1, 0.15) is 0 Å². The molecule has 1 heterocycles. The van der Waals surface area contributed by atoms with Crippen molar-refractivity contribution in [2.45, 2.75) is 57.9 Å². The molecule has 17 heavy (non-hydrogen) atoms. The Balaban J connectivity index is 2.04. The summed E-state index contributed by atoms with van der Waals surface area (Å²) in [6, 6.07) is 2.51. The van der Waals surface area contributed by atoms with Gasteiger partial charge >= 0.3 is 0 Å². The van der Waals surface area contributed by atoms with Gasteiger partial charge in [-0.1, -0.05) is 32.1 Å². The highest BCUT2D eigenvalue weighted by Gasteiger charge is 2.22. The van der Waals surface area contributed by atoms with Gasteiger partial charge in [0.25, 0.3) is 0 Å². The predicted molar refractivity (Wildman–Crippen MR) is 79.5 cm³/mol. The number of thiophene rings is 1. The molecule has 0 bridgehead atoms. The molecule has 0 saturated heterocycles. The fourth-order valence-electron chi connectivity index (χ4n) is 2.73. The van der Waals surface area contributed by atoms with Crippen LogP contribution in [0, 0.1) is 12.8 Å². The maximum atomic E-state index is 6.46. The zero-order chi connectivity index (χ0) is 12.3. The lowest BCUT2D eigenvalue weighted by molar-refractivity contribution is 0.330. The lowest BCUT2D eigenvalue weighted by Gasteiger charge is -2.25. The SMILES string of the molecule is Cc1cc(C(N)C2CCCCCCC2)sc1Br. The first kappa shape index (κ1) is 13.6. The lowest BCUT2D eigenvalue weighted by Crippen LogP contribution is -2.21. The predicted octanol–water partition coefficient (Wildman–Crippen LogP) is 5.18. The van der Waals surface area contributed by atoms with Crippen LogP contribution in [-0.2, 0) is 0 Å². The van der Waals surface area contributed by atoms with Crippen molar-refractivity contribution < 1.29 is 0 Å². The van der Waals surface area contributed by atoms with Gasteiger partial charge in [-0.3, -0.25) is 0 Å². The molecular formula is C14H22BrNS. The standard InChI is InChI=1S/C14H22BrNS/c1-10-9-12(17-14(10)15)13(16)11-7-5-3-2-4-6-8-11/h9,11,13H,2-8,16H2,1H3. The van der Waals surface area contributed by atoms with Crippen LogP contribution in [0.15, 0.2) is 9.85 Å². The van der Waals surface area contributed by atoms with Crippen molar-refractivity contribution in [2.75, 3.05) is 0 Å². The van der Waals surface area contributed by atoms with Crippen molar-refractivity contribution in [2.24, 2.45) is 11.7 Å². The maximum absolute atomic E-state index is 6.46. The van der Waals surface area contributed by atoms with Gasteiger partial charge in [0.05, 0.1) is 3.79 Å². The number of nitrogens with two attached hydrogens (primary N) is 1. The van der Waals surface area contributed by atoms with Crippen LogP contribution in [0.3, 0.4) is 0 Å². The maximum Gasteiger partial charge on any atom is 0.0731 e. The van der Waals surface area contributed by atoms with Gasteiger partial charge in [0, 0.05) is 10.9 Å². The van der Waals surface area contributed by atoms with Crippen LogP contribution in [0.2, 0.25) is 0 Å². The Hall–Kier alpha value is 0.140. The second-order valence-electron chi connectivity index (χ2n) is 5.24. The molecule has 1 fully saturated rings. The van der Waals surface area contributed by atoms with Crippen LogP contribution in [0.4, 0.5) is 0 Å². The minimum Gasteiger partial charge on any atom is -0.323 e. The molecule has 1 aliphatic rings. The molecule has 0 radical (unpaired) electrons. The van der Waals surface area contributed by atoms with Crippen LogP contribution in [0.5, 0.6) is 0 Å². The summed E-state index contributed by atoms with van der Waals surface area (Å²) in [5.74, 6) is 0.695. The Morgan fingerprint density at radius 2 is 1.82 bits per heavy atom. The first-order chi connectivity index (χ1) is 8.18. The van der Waals surface area contributed by atoms with Crippen LogP contribution < -0.4 is 5.73 Å². The molecule has 0 spiro atoms. The van der Waals surface area contributed by atoms with Gasteiger partial charge in [0.15, 0.2) is 0 Å². The Morgan fingerprint density at radius 1 is 1.24 bits per heavy atom. The average Bonchev–Trinajstić information content (AvgIpc) is 2.58. The Labute approximate surface area is 117 Å². The minimum absolute atomic E-state index is 0.253. The molecule has 3 heteroatoms. The number of hydrogen-bond donors (Lipinski definition) is 1. The number of aryl methyl sites for hydroxylation is 1. The van der Waals surface area contributed by atoms with Crippen molar-refractivity contribution in [3.05, 3.63) is 20.3 Å². The summed E-state index contributed by atoms with van der Waals surface area (Å²) in [6.45, 7) is 2.15. The zero-order valence-corrected chi connectivity index (χ0v) is 12.9. The summed E-state index contributed by atoms with van der Waals surface area (Å²) < 4.78 is 1.24. The zero-order valence-electron chi connectivity index (χ0n) is 10.5. The van der Waals surface area contributed by atoms with Gasteiger partial charge < -0.3 is 5.73 Å². The molecule has 1 unspecified atom stereocenters. The minimum atomic E-state index is 0.253. The van der Waals surface area contributed by atoms with E-state index in [0.717, 1.165) is 0 Å². The second kappa shape index (κ2) is 6.35. The highest BCUT2D eigenvalue weighted by Crippen LogP contribution is 2.37. The van der Waals surface area contributed by atoms with E-state index in [2.05, 4.69) is 28.9 Å². The molecule has 1 aromatic heterocycles. The van der Waals surface area contributed by atoms with Gasteiger partial charge in [-0.25, -0.2) is 0 Å². The average molecular weight is 316 g/mol. The smallest absolute Gasteiger partial charge is 0.0731 e. The third-order valence-corrected chi connectivity index (χ3v) is 6.10. The third kappa shape index (κ3) is 3.55. The highest BCUT2D eigenvalue weighted by atomic mass is 79.9. The first-order valence-electron chi connectivity index (χ1n) is 6.70. The summed E-state index contributed by atoms with van der Waals surface area (Å²) in [6.07, 6.45) is 9.58. The molecule has 1 nitrogen and oxygen atoms in total. The van der Waals surface area contributed by atoms with Gasteiger partial charge in [0.2, 0.25) is 0 Å². The molecular weight excluding hydrogens is 294 g/mol. The van der Waals surface area contributed by atoms with Crippen LogP contribution in [0.25, 0.3) is 0 Å². The first-order valence-corrected chi connectivity index (χ1v) is 8.31. The fourth-order valence-corrected chi connectivity index (χ4v) is 4.39. The number of halogens is 1. The van der Waals surface area contributed by atoms with E-state index >= 15 is 0 Å². The molecule has 1 saturated carbocycles. The van der Waals surface area contributed by atoms with Crippen molar-refractivity contribution >= 4 is 27.3 Å². The van der Waals surface area contributed by atoms with Crippen LogP contribution in [-0.4, -0.2) is 0 Å². The molecule has 0 amide bonds. The Bertz CT molecular complexity index is 334. The quantitative estimate of drug-likeness (QED) is 0.799. The van der Waals surface area contributed by atoms with Crippen molar-refractivity contribution in [3.8, 4) is 0 Å². The van der Waals surface area contributed by atoms with E-state index in [1.54, 1.807) is 0 Å². The van der Waals surface area contributed by atoms with Crippen molar-refractivity contribution in [1.29, 1.82) is 0 Å². The summed E-state index contributed by atoms with van der Waals surface area (Å²) in [5, 5.41) is 0. The van der Waals surface area contributed by atoms with Gasteiger partial charge in [-0.2, -0.15) is 0 Å². The van der Waals surface area contributed by atoms with Gasteiger partial charge in [-0.05, 0) is 53.2 Å². The van der Waals surface area contributed by atoms with Crippen molar-refractivity contribution in [3.63, 3.8) is 0 Å². The van der Waals surface area contributed by atoms with E-state index < -0.39 is 0 Å². The van der Waals surface area contributed by atoms with E-state index in [0.29, 0.717) is 5.92 Å². The van der Waals surface area contributed by atoms with Gasteiger partial charge in [-0.15, -0.1) is 11.3 Å². The molecule has 1 aromatic rings. The van der Waals surface area contributed by atoms with E-state index in [1.807, 2.05) is 11.3 Å². The van der Waals surface area contributed by atoms with E-state index in [-0.39, 0.29) is 6.04 Å².